The van der Waals surface area contributed by atoms with Gasteiger partial charge < -0.3 is 15.4 Å². The van der Waals surface area contributed by atoms with Crippen molar-refractivity contribution in [2.24, 2.45) is 0 Å². The van der Waals surface area contributed by atoms with Gasteiger partial charge in [-0.05, 0) is 44.2 Å². The number of hydrogen-bond donors (Lipinski definition) is 3. The second-order valence-corrected chi connectivity index (χ2v) is 5.74. The Labute approximate surface area is 140 Å². The number of hydrogen-bond acceptors (Lipinski definition) is 5. The fraction of sp³-hybridized carbons (Fsp3) is 0.438. The summed E-state index contributed by atoms with van der Waals surface area (Å²) in [6.45, 7) is -0.0161. The minimum Gasteiger partial charge on any atom is -0.497 e. The SMILES string of the molecule is COc1ccc(NC(=O)CN(C)CC(=O)NC(=O)NC2CC2)cc1. The molecule has 0 radical (unpaired) electrons. The highest BCUT2D eigenvalue weighted by Crippen LogP contribution is 2.18. The molecule has 2 rings (SSSR count). The summed E-state index contributed by atoms with van der Waals surface area (Å²) >= 11 is 0. The number of benzene rings is 1. The van der Waals surface area contributed by atoms with Crippen molar-refractivity contribution in [3.8, 4) is 5.75 Å². The predicted molar refractivity (Wildman–Crippen MR) is 88.8 cm³/mol. The quantitative estimate of drug-likeness (QED) is 0.676. The van der Waals surface area contributed by atoms with Gasteiger partial charge in [0.2, 0.25) is 11.8 Å². The molecule has 1 aromatic carbocycles. The van der Waals surface area contributed by atoms with Crippen LogP contribution in [-0.4, -0.2) is 56.0 Å². The Kier molecular flexibility index (Phi) is 6.14. The van der Waals surface area contributed by atoms with Crippen molar-refractivity contribution in [3.63, 3.8) is 0 Å². The van der Waals surface area contributed by atoms with Crippen LogP contribution in [0.5, 0.6) is 5.75 Å². The van der Waals surface area contributed by atoms with E-state index in [2.05, 4.69) is 16.0 Å². The van der Waals surface area contributed by atoms with E-state index in [-0.39, 0.29) is 25.0 Å². The lowest BCUT2D eigenvalue weighted by atomic mass is 10.3. The molecule has 130 valence electrons. The fourth-order valence-corrected chi connectivity index (χ4v) is 2.04. The largest absolute Gasteiger partial charge is 0.497 e. The Morgan fingerprint density at radius 3 is 2.33 bits per heavy atom. The number of nitrogens with zero attached hydrogens (tertiary/aromatic N) is 1. The Bertz CT molecular complexity index is 599. The van der Waals surface area contributed by atoms with E-state index in [4.69, 9.17) is 4.74 Å². The third-order valence-corrected chi connectivity index (χ3v) is 3.37. The van der Waals surface area contributed by atoms with Gasteiger partial charge in [0.25, 0.3) is 0 Å². The molecular formula is C16H22N4O4. The van der Waals surface area contributed by atoms with E-state index < -0.39 is 11.9 Å². The molecule has 0 spiro atoms. The molecule has 0 heterocycles. The van der Waals surface area contributed by atoms with Gasteiger partial charge in [0.05, 0.1) is 20.2 Å². The summed E-state index contributed by atoms with van der Waals surface area (Å²) in [5, 5.41) is 7.63. The van der Waals surface area contributed by atoms with Gasteiger partial charge in [0.1, 0.15) is 5.75 Å². The highest BCUT2D eigenvalue weighted by molar-refractivity contribution is 5.96. The first-order valence-corrected chi connectivity index (χ1v) is 7.69. The number of likely N-dealkylation sites (N-methyl/N-ethyl adjacent to an activating group) is 1. The van der Waals surface area contributed by atoms with Crippen LogP contribution in [0.25, 0.3) is 0 Å². The Balaban J connectivity index is 1.69. The van der Waals surface area contributed by atoms with Crippen LogP contribution in [0.15, 0.2) is 24.3 Å². The Morgan fingerprint density at radius 2 is 1.75 bits per heavy atom. The summed E-state index contributed by atoms with van der Waals surface area (Å²) in [4.78, 5) is 36.6. The van der Waals surface area contributed by atoms with Crippen molar-refractivity contribution >= 4 is 23.5 Å². The van der Waals surface area contributed by atoms with E-state index >= 15 is 0 Å². The molecule has 8 nitrogen and oxygen atoms in total. The van der Waals surface area contributed by atoms with Crippen LogP contribution in [0.2, 0.25) is 0 Å². The number of carbonyl (C=O) groups is 3. The Hall–Kier alpha value is -2.61. The van der Waals surface area contributed by atoms with Crippen molar-refractivity contribution in [1.29, 1.82) is 0 Å². The second kappa shape index (κ2) is 8.30. The number of rotatable bonds is 7. The predicted octanol–water partition coefficient (Wildman–Crippen LogP) is 0.554. The second-order valence-electron chi connectivity index (χ2n) is 5.74. The van der Waals surface area contributed by atoms with E-state index in [0.29, 0.717) is 11.4 Å². The molecular weight excluding hydrogens is 312 g/mol. The van der Waals surface area contributed by atoms with Crippen LogP contribution in [-0.2, 0) is 9.59 Å². The maximum atomic E-state index is 11.9. The molecule has 0 unspecified atom stereocenters. The third kappa shape index (κ3) is 6.25. The van der Waals surface area contributed by atoms with Crippen molar-refractivity contribution < 1.29 is 19.1 Å². The minimum absolute atomic E-state index is 0.0314. The molecule has 3 N–H and O–H groups in total. The van der Waals surface area contributed by atoms with Crippen LogP contribution in [0, 0.1) is 0 Å². The first-order valence-electron chi connectivity index (χ1n) is 7.69. The van der Waals surface area contributed by atoms with Crippen LogP contribution in [0.3, 0.4) is 0 Å². The lowest BCUT2D eigenvalue weighted by Gasteiger charge is -2.16. The highest BCUT2D eigenvalue weighted by Gasteiger charge is 2.24. The molecule has 0 bridgehead atoms. The van der Waals surface area contributed by atoms with Gasteiger partial charge in [-0.15, -0.1) is 0 Å². The van der Waals surface area contributed by atoms with Gasteiger partial charge in [-0.1, -0.05) is 0 Å². The summed E-state index contributed by atoms with van der Waals surface area (Å²) in [5.74, 6) is -0.00272. The number of carbonyl (C=O) groups excluding carboxylic acids is 3. The molecule has 1 aliphatic rings. The standard InChI is InChI=1S/C16H22N4O4/c1-20(10-15(22)19-16(23)18-12-3-4-12)9-14(21)17-11-5-7-13(24-2)8-6-11/h5-8,12H,3-4,9-10H2,1-2H3,(H,17,21)(H2,18,19,22,23). The van der Waals surface area contributed by atoms with Gasteiger partial charge in [-0.25, -0.2) is 4.79 Å². The molecule has 0 saturated heterocycles. The Morgan fingerprint density at radius 1 is 1.12 bits per heavy atom. The number of urea groups is 1. The summed E-state index contributed by atoms with van der Waals surface area (Å²) in [5.41, 5.74) is 0.641. The minimum atomic E-state index is -0.487. The maximum Gasteiger partial charge on any atom is 0.321 e. The maximum absolute atomic E-state index is 11.9. The van der Waals surface area contributed by atoms with E-state index in [1.54, 1.807) is 38.4 Å². The fourth-order valence-electron chi connectivity index (χ4n) is 2.04. The molecule has 24 heavy (non-hydrogen) atoms. The molecule has 1 fully saturated rings. The molecule has 4 amide bonds. The number of amides is 4. The molecule has 0 atom stereocenters. The number of ether oxygens (including phenoxy) is 1. The van der Waals surface area contributed by atoms with Gasteiger partial charge >= 0.3 is 6.03 Å². The van der Waals surface area contributed by atoms with Crippen molar-refractivity contribution in [2.45, 2.75) is 18.9 Å². The lowest BCUT2D eigenvalue weighted by molar-refractivity contribution is -0.122. The zero-order valence-electron chi connectivity index (χ0n) is 13.8. The average molecular weight is 334 g/mol. The zero-order valence-corrected chi connectivity index (χ0v) is 13.8. The monoisotopic (exact) mass is 334 g/mol. The van der Waals surface area contributed by atoms with E-state index in [0.717, 1.165) is 12.8 Å². The third-order valence-electron chi connectivity index (χ3n) is 3.37. The van der Waals surface area contributed by atoms with Crippen molar-refractivity contribution in [2.75, 3.05) is 32.6 Å². The highest BCUT2D eigenvalue weighted by atomic mass is 16.5. The van der Waals surface area contributed by atoms with Gasteiger partial charge in [0.15, 0.2) is 0 Å². The van der Waals surface area contributed by atoms with Crippen LogP contribution >= 0.6 is 0 Å². The number of methoxy groups -OCH3 is 1. The van der Waals surface area contributed by atoms with Crippen molar-refractivity contribution in [3.05, 3.63) is 24.3 Å². The van der Waals surface area contributed by atoms with Gasteiger partial charge in [-0.2, -0.15) is 0 Å². The average Bonchev–Trinajstić information content (AvgIpc) is 3.31. The van der Waals surface area contributed by atoms with Crippen LogP contribution in [0.4, 0.5) is 10.5 Å². The normalized spacial score (nSPS) is 13.3. The number of anilines is 1. The van der Waals surface area contributed by atoms with Crippen LogP contribution in [0.1, 0.15) is 12.8 Å². The zero-order chi connectivity index (χ0) is 17.5. The molecule has 1 saturated carbocycles. The number of imide groups is 1. The van der Waals surface area contributed by atoms with E-state index in [9.17, 15) is 14.4 Å². The first-order chi connectivity index (χ1) is 11.5. The smallest absolute Gasteiger partial charge is 0.321 e. The van der Waals surface area contributed by atoms with Gasteiger partial charge in [-0.3, -0.25) is 19.8 Å². The molecule has 1 aliphatic carbocycles. The molecule has 8 heteroatoms. The van der Waals surface area contributed by atoms with E-state index in [1.807, 2.05) is 0 Å². The summed E-state index contributed by atoms with van der Waals surface area (Å²) in [7, 11) is 3.20. The topological polar surface area (TPSA) is 99.8 Å². The van der Waals surface area contributed by atoms with Crippen molar-refractivity contribution in [1.82, 2.24) is 15.5 Å². The molecule has 1 aromatic rings. The number of nitrogens with one attached hydrogen (secondary N) is 3. The van der Waals surface area contributed by atoms with Crippen LogP contribution < -0.4 is 20.7 Å². The van der Waals surface area contributed by atoms with E-state index in [1.165, 1.54) is 4.90 Å². The summed E-state index contributed by atoms with van der Waals surface area (Å²) in [6.07, 6.45) is 1.90. The summed E-state index contributed by atoms with van der Waals surface area (Å²) in [6, 6.07) is 6.64. The molecule has 0 aliphatic heterocycles. The van der Waals surface area contributed by atoms with Gasteiger partial charge in [0, 0.05) is 11.7 Å². The lowest BCUT2D eigenvalue weighted by Crippen LogP contribution is -2.45. The molecule has 0 aromatic heterocycles. The summed E-state index contributed by atoms with van der Waals surface area (Å²) < 4.78 is 5.04. The first kappa shape index (κ1) is 17.7.